The maximum atomic E-state index is 12.6. The van der Waals surface area contributed by atoms with Gasteiger partial charge in [-0.3, -0.25) is 9.48 Å². The van der Waals surface area contributed by atoms with E-state index in [-0.39, 0.29) is 5.91 Å². The Morgan fingerprint density at radius 3 is 2.39 bits per heavy atom. The molecule has 0 aliphatic rings. The first kappa shape index (κ1) is 25.5. The van der Waals surface area contributed by atoms with Gasteiger partial charge < -0.3 is 16.2 Å². The lowest BCUT2D eigenvalue weighted by molar-refractivity contribution is -0.192. The summed E-state index contributed by atoms with van der Waals surface area (Å²) in [6.07, 6.45) is -3.20. The standard InChI is InChI=1S/C20H23N5O.C2HF3O2/c1-14(11-21)12-25-13-19(23-24-25)16-9-8-15(2)18(10-16)20(26)22-17-6-4-3-5-7-17;3-2(4,5)1(6)7/h3-10,13-14H,11-12,21H2,1-2H3,(H,22,26);(H,6,7). The van der Waals surface area contributed by atoms with Crippen molar-refractivity contribution >= 4 is 17.6 Å². The summed E-state index contributed by atoms with van der Waals surface area (Å²) in [5, 5.41) is 18.4. The van der Waals surface area contributed by atoms with Crippen LogP contribution in [0.25, 0.3) is 11.3 Å². The first-order valence-electron chi connectivity index (χ1n) is 9.89. The summed E-state index contributed by atoms with van der Waals surface area (Å²) in [6.45, 7) is 5.31. The predicted octanol–water partition coefficient (Wildman–Crippen LogP) is 3.73. The summed E-state index contributed by atoms with van der Waals surface area (Å²) in [5.41, 5.74) is 9.56. The lowest BCUT2D eigenvalue weighted by Crippen LogP contribution is -2.21. The molecule has 8 nitrogen and oxygen atoms in total. The molecule has 2 aromatic carbocycles. The molecule has 0 radical (unpaired) electrons. The zero-order valence-corrected chi connectivity index (χ0v) is 18.0. The highest BCUT2D eigenvalue weighted by atomic mass is 19.4. The average Bonchev–Trinajstić information content (AvgIpc) is 3.22. The van der Waals surface area contributed by atoms with Crippen molar-refractivity contribution in [2.24, 2.45) is 11.7 Å². The molecular weight excluding hydrogens is 439 g/mol. The van der Waals surface area contributed by atoms with Gasteiger partial charge in [-0.25, -0.2) is 4.79 Å². The number of carbonyl (C=O) groups is 2. The average molecular weight is 463 g/mol. The molecule has 0 aliphatic carbocycles. The zero-order valence-electron chi connectivity index (χ0n) is 18.0. The molecule has 1 aromatic heterocycles. The van der Waals surface area contributed by atoms with E-state index >= 15 is 0 Å². The van der Waals surface area contributed by atoms with Gasteiger partial charge in [0.05, 0.1) is 6.20 Å². The maximum absolute atomic E-state index is 12.6. The molecule has 0 bridgehead atoms. The molecular formula is C22H24F3N5O3. The van der Waals surface area contributed by atoms with E-state index in [1.807, 2.05) is 61.7 Å². The van der Waals surface area contributed by atoms with Crippen LogP contribution < -0.4 is 11.1 Å². The molecule has 1 atom stereocenters. The number of nitrogens with one attached hydrogen (secondary N) is 1. The van der Waals surface area contributed by atoms with Crippen LogP contribution in [0.1, 0.15) is 22.8 Å². The minimum Gasteiger partial charge on any atom is -0.475 e. The second-order valence-electron chi connectivity index (χ2n) is 7.32. The molecule has 1 unspecified atom stereocenters. The second-order valence-corrected chi connectivity index (χ2v) is 7.32. The van der Waals surface area contributed by atoms with Crippen LogP contribution in [0.5, 0.6) is 0 Å². The molecule has 0 aliphatic heterocycles. The van der Waals surface area contributed by atoms with Crippen molar-refractivity contribution in [2.75, 3.05) is 11.9 Å². The Hall–Kier alpha value is -3.73. The Morgan fingerprint density at radius 2 is 1.82 bits per heavy atom. The van der Waals surface area contributed by atoms with Crippen molar-refractivity contribution in [3.63, 3.8) is 0 Å². The van der Waals surface area contributed by atoms with Crippen LogP contribution in [0.2, 0.25) is 0 Å². The Labute approximate surface area is 188 Å². The Morgan fingerprint density at radius 1 is 1.18 bits per heavy atom. The molecule has 0 saturated heterocycles. The number of rotatable bonds is 6. The van der Waals surface area contributed by atoms with E-state index in [1.54, 1.807) is 4.68 Å². The number of anilines is 1. The Bertz CT molecular complexity index is 1080. The third kappa shape index (κ3) is 7.72. The van der Waals surface area contributed by atoms with Gasteiger partial charge in [0.2, 0.25) is 0 Å². The number of aryl methyl sites for hydroxylation is 1. The number of amides is 1. The molecule has 1 heterocycles. The van der Waals surface area contributed by atoms with Gasteiger partial charge in [0.15, 0.2) is 0 Å². The fourth-order valence-electron chi connectivity index (χ4n) is 2.66. The number of halogens is 3. The predicted molar refractivity (Wildman–Crippen MR) is 116 cm³/mol. The number of carbonyl (C=O) groups excluding carboxylic acids is 1. The van der Waals surface area contributed by atoms with E-state index in [0.717, 1.165) is 29.1 Å². The van der Waals surface area contributed by atoms with Crippen LogP contribution in [-0.2, 0) is 11.3 Å². The molecule has 11 heteroatoms. The molecule has 1 amide bonds. The number of hydrogen-bond donors (Lipinski definition) is 3. The number of carboxylic acid groups (broad SMARTS) is 1. The van der Waals surface area contributed by atoms with Crippen LogP contribution in [0.4, 0.5) is 18.9 Å². The van der Waals surface area contributed by atoms with Crippen molar-refractivity contribution in [3.05, 3.63) is 65.9 Å². The van der Waals surface area contributed by atoms with Crippen molar-refractivity contribution < 1.29 is 27.9 Å². The molecule has 3 aromatic rings. The molecule has 0 spiro atoms. The van der Waals surface area contributed by atoms with E-state index in [4.69, 9.17) is 15.6 Å². The Kier molecular flexibility index (Phi) is 8.69. The van der Waals surface area contributed by atoms with E-state index in [0.29, 0.717) is 18.0 Å². The lowest BCUT2D eigenvalue weighted by Gasteiger charge is -2.09. The summed E-state index contributed by atoms with van der Waals surface area (Å²) in [7, 11) is 0. The lowest BCUT2D eigenvalue weighted by atomic mass is 10.0. The van der Waals surface area contributed by atoms with Crippen LogP contribution in [0, 0.1) is 12.8 Å². The zero-order chi connectivity index (χ0) is 24.6. The van der Waals surface area contributed by atoms with E-state index in [2.05, 4.69) is 22.6 Å². The fraction of sp³-hybridized carbons (Fsp3) is 0.273. The number of nitrogens with zero attached hydrogens (tertiary/aromatic N) is 3. The number of carboxylic acids is 1. The highest BCUT2D eigenvalue weighted by Crippen LogP contribution is 2.22. The number of hydrogen-bond acceptors (Lipinski definition) is 5. The monoisotopic (exact) mass is 463 g/mol. The van der Waals surface area contributed by atoms with Gasteiger partial charge in [-0.1, -0.05) is 42.5 Å². The van der Waals surface area contributed by atoms with Gasteiger partial charge in [-0.15, -0.1) is 5.10 Å². The van der Waals surface area contributed by atoms with Crippen LogP contribution in [-0.4, -0.2) is 44.7 Å². The number of aliphatic carboxylic acids is 1. The van der Waals surface area contributed by atoms with E-state index in [1.165, 1.54) is 0 Å². The first-order chi connectivity index (χ1) is 15.5. The van der Waals surface area contributed by atoms with Crippen molar-refractivity contribution in [2.45, 2.75) is 26.6 Å². The summed E-state index contributed by atoms with van der Waals surface area (Å²) < 4.78 is 33.5. The van der Waals surface area contributed by atoms with Crippen LogP contribution in [0.3, 0.4) is 0 Å². The van der Waals surface area contributed by atoms with Crippen molar-refractivity contribution in [1.82, 2.24) is 15.0 Å². The van der Waals surface area contributed by atoms with E-state index < -0.39 is 12.1 Å². The van der Waals surface area contributed by atoms with E-state index in [9.17, 15) is 18.0 Å². The number of aromatic nitrogens is 3. The SMILES string of the molecule is Cc1ccc(-c2cn(CC(C)CN)nn2)cc1C(=O)Nc1ccccc1.O=C(O)C(F)(F)F. The molecule has 33 heavy (non-hydrogen) atoms. The molecule has 4 N–H and O–H groups in total. The van der Waals surface area contributed by atoms with Gasteiger partial charge in [-0.2, -0.15) is 13.2 Å². The minimum atomic E-state index is -5.08. The molecule has 176 valence electrons. The van der Waals surface area contributed by atoms with Gasteiger partial charge in [-0.05, 0) is 43.1 Å². The summed E-state index contributed by atoms with van der Waals surface area (Å²) >= 11 is 0. The summed E-state index contributed by atoms with van der Waals surface area (Å²) in [5.74, 6) is -2.57. The normalized spacial score (nSPS) is 11.8. The number of para-hydroxylation sites is 1. The second kappa shape index (κ2) is 11.2. The van der Waals surface area contributed by atoms with Gasteiger partial charge >= 0.3 is 12.1 Å². The topological polar surface area (TPSA) is 123 Å². The van der Waals surface area contributed by atoms with Gasteiger partial charge in [0.1, 0.15) is 5.69 Å². The number of benzene rings is 2. The largest absolute Gasteiger partial charge is 0.490 e. The smallest absolute Gasteiger partial charge is 0.475 e. The Balaban J connectivity index is 0.000000479. The highest BCUT2D eigenvalue weighted by Gasteiger charge is 2.38. The third-order valence-electron chi connectivity index (χ3n) is 4.49. The summed E-state index contributed by atoms with van der Waals surface area (Å²) in [4.78, 5) is 21.5. The fourth-order valence-corrected chi connectivity index (χ4v) is 2.66. The molecule has 3 rings (SSSR count). The third-order valence-corrected chi connectivity index (χ3v) is 4.49. The minimum absolute atomic E-state index is 0.139. The summed E-state index contributed by atoms with van der Waals surface area (Å²) in [6, 6.07) is 15.2. The van der Waals surface area contributed by atoms with Crippen molar-refractivity contribution in [1.29, 1.82) is 0 Å². The van der Waals surface area contributed by atoms with Crippen LogP contribution in [0.15, 0.2) is 54.7 Å². The highest BCUT2D eigenvalue weighted by molar-refractivity contribution is 6.05. The molecule has 0 fully saturated rings. The number of nitrogens with two attached hydrogens (primary N) is 1. The quantitative estimate of drug-likeness (QED) is 0.512. The number of alkyl halides is 3. The first-order valence-corrected chi connectivity index (χ1v) is 9.89. The van der Waals surface area contributed by atoms with Gasteiger partial charge in [0.25, 0.3) is 5.91 Å². The van der Waals surface area contributed by atoms with Crippen LogP contribution >= 0.6 is 0 Å². The maximum Gasteiger partial charge on any atom is 0.490 e. The van der Waals surface area contributed by atoms with Crippen molar-refractivity contribution in [3.8, 4) is 11.3 Å². The molecule has 0 saturated carbocycles. The van der Waals surface area contributed by atoms with Gasteiger partial charge in [0, 0.05) is 23.4 Å².